The second-order valence-corrected chi connectivity index (χ2v) is 19.0. The Balaban J connectivity index is 2.36. The number of hydrogen-bond acceptors (Lipinski definition) is 8. The lowest BCUT2D eigenvalue weighted by Gasteiger charge is -2.23. The topological polar surface area (TPSA) is 76.1 Å². The van der Waals surface area contributed by atoms with E-state index in [0.717, 1.165) is 101 Å². The first-order valence-electron chi connectivity index (χ1n) is 23.9. The molecular weight excluding hydrogens is 723 g/mol. The van der Waals surface area contributed by atoms with Gasteiger partial charge in [-0.2, -0.15) is 23.5 Å². The Bertz CT molecular complexity index is 842. The number of ether oxygens (including phenoxy) is 2. The second kappa shape index (κ2) is 40.3. The van der Waals surface area contributed by atoms with Crippen LogP contribution in [0.4, 0.5) is 0 Å². The summed E-state index contributed by atoms with van der Waals surface area (Å²) >= 11 is 3.94. The fraction of sp³-hybridized carbons (Fsp3) is 0.957. The monoisotopic (exact) mass is 814 g/mol. The molecule has 1 N–H and O–H groups in total. The average molecular weight is 814 g/mol. The van der Waals surface area contributed by atoms with Crippen molar-refractivity contribution >= 4 is 35.5 Å². The zero-order valence-corrected chi connectivity index (χ0v) is 38.3. The Morgan fingerprint density at radius 1 is 0.564 bits per heavy atom. The van der Waals surface area contributed by atoms with Crippen LogP contribution in [-0.4, -0.2) is 83.4 Å². The first-order chi connectivity index (χ1) is 27.0. The molecule has 326 valence electrons. The standard InChI is InChI=1S/C47H91NO5S2/c1-4-7-10-13-14-26-39-54-41-44(30-19-11-8-5-2)52-46(50)32-21-23-36-48(37-24-25-38-49)35-22-16-27-40-55-42-45(31-20-12-9-6-3)53-47(51)34-33-43-28-17-15-18-29-43/h43-45,49H,4-42H2,1-3H3. The predicted octanol–water partition coefficient (Wildman–Crippen LogP) is 13.4. The van der Waals surface area contributed by atoms with E-state index in [9.17, 15) is 14.7 Å². The molecule has 1 aliphatic carbocycles. The molecule has 1 saturated carbocycles. The van der Waals surface area contributed by atoms with Crippen LogP contribution in [0.3, 0.4) is 0 Å². The molecule has 8 heteroatoms. The lowest BCUT2D eigenvalue weighted by molar-refractivity contribution is -0.149. The van der Waals surface area contributed by atoms with Crippen molar-refractivity contribution in [2.45, 2.75) is 232 Å². The molecule has 0 saturated heterocycles. The summed E-state index contributed by atoms with van der Waals surface area (Å²) in [5, 5.41) is 9.36. The number of nitrogens with zero attached hydrogens (tertiary/aromatic N) is 1. The Morgan fingerprint density at radius 2 is 1.02 bits per heavy atom. The van der Waals surface area contributed by atoms with Crippen molar-refractivity contribution in [2.75, 3.05) is 49.3 Å². The van der Waals surface area contributed by atoms with Gasteiger partial charge >= 0.3 is 11.9 Å². The largest absolute Gasteiger partial charge is 0.461 e. The number of carbonyl (C=O) groups excluding carboxylic acids is 2. The van der Waals surface area contributed by atoms with E-state index in [1.54, 1.807) is 0 Å². The molecule has 0 aliphatic heterocycles. The van der Waals surface area contributed by atoms with Gasteiger partial charge in [-0.3, -0.25) is 9.59 Å². The maximum atomic E-state index is 12.9. The van der Waals surface area contributed by atoms with Gasteiger partial charge in [-0.15, -0.1) is 0 Å². The van der Waals surface area contributed by atoms with Gasteiger partial charge in [0.15, 0.2) is 0 Å². The molecule has 0 aromatic heterocycles. The van der Waals surface area contributed by atoms with Gasteiger partial charge < -0.3 is 19.5 Å². The van der Waals surface area contributed by atoms with Crippen LogP contribution in [0.2, 0.25) is 0 Å². The number of esters is 2. The predicted molar refractivity (Wildman–Crippen MR) is 242 cm³/mol. The van der Waals surface area contributed by atoms with Gasteiger partial charge in [0.1, 0.15) is 12.2 Å². The number of unbranched alkanes of at least 4 members (excludes halogenated alkanes) is 15. The fourth-order valence-corrected chi connectivity index (χ4v) is 9.90. The molecule has 1 aliphatic rings. The van der Waals surface area contributed by atoms with Gasteiger partial charge in [0, 0.05) is 31.0 Å². The van der Waals surface area contributed by atoms with Gasteiger partial charge in [0.2, 0.25) is 0 Å². The minimum atomic E-state index is -0.0117. The Morgan fingerprint density at radius 3 is 1.56 bits per heavy atom. The molecule has 0 bridgehead atoms. The van der Waals surface area contributed by atoms with Crippen molar-refractivity contribution in [1.29, 1.82) is 0 Å². The molecule has 0 radical (unpaired) electrons. The van der Waals surface area contributed by atoms with Gasteiger partial charge in [-0.25, -0.2) is 0 Å². The molecule has 0 aromatic carbocycles. The maximum Gasteiger partial charge on any atom is 0.306 e. The highest BCUT2D eigenvalue weighted by Gasteiger charge is 2.19. The Kier molecular flexibility index (Phi) is 38.6. The first-order valence-corrected chi connectivity index (χ1v) is 26.2. The molecule has 55 heavy (non-hydrogen) atoms. The molecule has 0 spiro atoms. The van der Waals surface area contributed by atoms with E-state index in [4.69, 9.17) is 9.47 Å². The summed E-state index contributed by atoms with van der Waals surface area (Å²) in [6.07, 6.45) is 35.9. The normalized spacial score (nSPS) is 14.7. The summed E-state index contributed by atoms with van der Waals surface area (Å²) < 4.78 is 12.1. The number of thioether (sulfide) groups is 2. The minimum Gasteiger partial charge on any atom is -0.461 e. The third-order valence-corrected chi connectivity index (χ3v) is 13.7. The lowest BCUT2D eigenvalue weighted by atomic mass is 9.86. The molecular formula is C47H91NO5S2. The summed E-state index contributed by atoms with van der Waals surface area (Å²) in [5.41, 5.74) is 0. The van der Waals surface area contributed by atoms with Crippen LogP contribution in [0.25, 0.3) is 0 Å². The van der Waals surface area contributed by atoms with E-state index >= 15 is 0 Å². The van der Waals surface area contributed by atoms with Crippen molar-refractivity contribution in [3.8, 4) is 0 Å². The number of hydrogen-bond donors (Lipinski definition) is 1. The summed E-state index contributed by atoms with van der Waals surface area (Å²) in [7, 11) is 0. The molecule has 0 heterocycles. The SMILES string of the molecule is CCCCCCCCSCC(CCCCCC)OC(=O)CCCCN(CCCCO)CCCCCSCC(CCCCCC)OC(=O)CCC1CCCCC1. The third-order valence-electron chi connectivity index (χ3n) is 11.3. The molecule has 2 unspecified atom stereocenters. The Labute approximate surface area is 350 Å². The zero-order valence-electron chi connectivity index (χ0n) is 36.7. The van der Waals surface area contributed by atoms with E-state index in [-0.39, 0.29) is 30.8 Å². The summed E-state index contributed by atoms with van der Waals surface area (Å²) in [5.74, 6) is 4.91. The maximum absolute atomic E-state index is 12.9. The average Bonchev–Trinajstić information content (AvgIpc) is 3.19. The number of rotatable bonds is 41. The lowest BCUT2D eigenvalue weighted by Crippen LogP contribution is -2.28. The van der Waals surface area contributed by atoms with E-state index in [2.05, 4.69) is 25.7 Å². The quantitative estimate of drug-likeness (QED) is 0.0483. The fourth-order valence-electron chi connectivity index (χ4n) is 7.76. The molecule has 0 amide bonds. The highest BCUT2D eigenvalue weighted by atomic mass is 32.2. The minimum absolute atomic E-state index is 0.0117. The van der Waals surface area contributed by atoms with Crippen molar-refractivity contribution in [2.24, 2.45) is 5.92 Å². The van der Waals surface area contributed by atoms with Gasteiger partial charge in [-0.05, 0) is 114 Å². The van der Waals surface area contributed by atoms with Crippen LogP contribution in [0, 0.1) is 5.92 Å². The van der Waals surface area contributed by atoms with Crippen LogP contribution in [-0.2, 0) is 19.1 Å². The summed E-state index contributed by atoms with van der Waals surface area (Å²) in [6, 6.07) is 0. The van der Waals surface area contributed by atoms with E-state index in [1.165, 1.54) is 134 Å². The second-order valence-electron chi connectivity index (χ2n) is 16.7. The number of aliphatic hydroxyl groups excluding tert-OH is 1. The van der Waals surface area contributed by atoms with E-state index < -0.39 is 0 Å². The third kappa shape index (κ3) is 34.2. The zero-order chi connectivity index (χ0) is 39.9. The summed E-state index contributed by atoms with van der Waals surface area (Å²) in [4.78, 5) is 28.2. The van der Waals surface area contributed by atoms with E-state index in [0.29, 0.717) is 12.8 Å². The van der Waals surface area contributed by atoms with Crippen LogP contribution in [0.1, 0.15) is 220 Å². The summed E-state index contributed by atoms with van der Waals surface area (Å²) in [6.45, 7) is 10.1. The van der Waals surface area contributed by atoms with Crippen LogP contribution in [0.15, 0.2) is 0 Å². The molecule has 0 aromatic rings. The van der Waals surface area contributed by atoms with Crippen molar-refractivity contribution in [3.63, 3.8) is 0 Å². The highest BCUT2D eigenvalue weighted by molar-refractivity contribution is 7.99. The molecule has 6 nitrogen and oxygen atoms in total. The van der Waals surface area contributed by atoms with Gasteiger partial charge in [0.05, 0.1) is 0 Å². The number of carbonyl (C=O) groups is 2. The van der Waals surface area contributed by atoms with Crippen LogP contribution in [0.5, 0.6) is 0 Å². The smallest absolute Gasteiger partial charge is 0.306 e. The number of aliphatic hydroxyl groups is 1. The van der Waals surface area contributed by atoms with Gasteiger partial charge in [0.25, 0.3) is 0 Å². The molecule has 1 fully saturated rings. The van der Waals surface area contributed by atoms with Crippen LogP contribution >= 0.6 is 23.5 Å². The van der Waals surface area contributed by atoms with Crippen molar-refractivity contribution in [3.05, 3.63) is 0 Å². The van der Waals surface area contributed by atoms with Crippen molar-refractivity contribution < 1.29 is 24.2 Å². The Hall–Kier alpha value is -0.440. The highest BCUT2D eigenvalue weighted by Crippen LogP contribution is 2.28. The first kappa shape index (κ1) is 52.6. The van der Waals surface area contributed by atoms with Crippen LogP contribution < -0.4 is 0 Å². The molecule has 1 rings (SSSR count). The van der Waals surface area contributed by atoms with E-state index in [1.807, 2.05) is 23.5 Å². The van der Waals surface area contributed by atoms with Crippen molar-refractivity contribution in [1.82, 2.24) is 4.90 Å². The molecule has 2 atom stereocenters. The van der Waals surface area contributed by atoms with Gasteiger partial charge in [-0.1, -0.05) is 130 Å².